The zero-order valence-electron chi connectivity index (χ0n) is 21.7. The quantitative estimate of drug-likeness (QED) is 0.295. The van der Waals surface area contributed by atoms with Crippen molar-refractivity contribution in [2.24, 2.45) is 5.73 Å². The number of rotatable bonds is 7. The van der Waals surface area contributed by atoms with Crippen LogP contribution in [0.4, 0.5) is 14.5 Å². The number of pyridine rings is 1. The van der Waals surface area contributed by atoms with Crippen molar-refractivity contribution in [3.05, 3.63) is 83.4 Å². The van der Waals surface area contributed by atoms with Crippen LogP contribution in [0.1, 0.15) is 41.6 Å². The third-order valence-electron chi connectivity index (χ3n) is 7.25. The molecule has 0 bridgehead atoms. The topological polar surface area (TPSA) is 85.5 Å². The molecule has 0 saturated carbocycles. The van der Waals surface area contributed by atoms with Gasteiger partial charge < -0.3 is 15.4 Å². The van der Waals surface area contributed by atoms with E-state index in [1.807, 2.05) is 4.90 Å². The molecule has 8 heteroatoms. The summed E-state index contributed by atoms with van der Waals surface area (Å²) in [4.78, 5) is 32.0. The SMILES string of the molecule is COC(=O)CCc1c(-c2ccc(-c3ccccc3F)cc2)nc2ccc(F)c(N3CCCCC3)c2c1C(N)=O. The molecule has 0 unspecified atom stereocenters. The van der Waals surface area contributed by atoms with Gasteiger partial charge in [-0.3, -0.25) is 9.59 Å². The molecule has 1 aliphatic rings. The lowest BCUT2D eigenvalue weighted by molar-refractivity contribution is -0.140. The maximum absolute atomic E-state index is 15.4. The summed E-state index contributed by atoms with van der Waals surface area (Å²) >= 11 is 0. The Kier molecular flexibility index (Phi) is 7.54. The first-order valence-corrected chi connectivity index (χ1v) is 13.0. The Morgan fingerprint density at radius 2 is 1.62 bits per heavy atom. The smallest absolute Gasteiger partial charge is 0.305 e. The third-order valence-corrected chi connectivity index (χ3v) is 7.25. The second-order valence-electron chi connectivity index (χ2n) is 9.65. The van der Waals surface area contributed by atoms with Crippen molar-refractivity contribution >= 4 is 28.5 Å². The molecular formula is C31H29F2N3O3. The normalized spacial score (nSPS) is 13.5. The first-order chi connectivity index (χ1) is 18.9. The summed E-state index contributed by atoms with van der Waals surface area (Å²) in [6.45, 7) is 1.32. The molecule has 1 saturated heterocycles. The molecule has 0 radical (unpaired) electrons. The molecule has 1 aromatic heterocycles. The average molecular weight is 530 g/mol. The van der Waals surface area contributed by atoms with Gasteiger partial charge in [0.25, 0.3) is 0 Å². The third kappa shape index (κ3) is 5.19. The summed E-state index contributed by atoms with van der Waals surface area (Å²) in [6.07, 6.45) is 2.99. The van der Waals surface area contributed by atoms with Gasteiger partial charge in [0.15, 0.2) is 0 Å². The number of ether oxygens (including phenoxy) is 1. The van der Waals surface area contributed by atoms with Gasteiger partial charge in [-0.15, -0.1) is 0 Å². The zero-order valence-corrected chi connectivity index (χ0v) is 21.7. The summed E-state index contributed by atoms with van der Waals surface area (Å²) in [6, 6.07) is 16.5. The molecule has 39 heavy (non-hydrogen) atoms. The van der Waals surface area contributed by atoms with Crippen LogP contribution in [0.15, 0.2) is 60.7 Å². The number of anilines is 1. The molecule has 1 amide bonds. The molecule has 5 rings (SSSR count). The van der Waals surface area contributed by atoms with E-state index in [2.05, 4.69) is 0 Å². The van der Waals surface area contributed by atoms with Crippen molar-refractivity contribution in [1.82, 2.24) is 4.98 Å². The standard InChI is InChI=1S/C31H29F2N3O3/c1-39-26(37)16-13-22-27(31(34)38)28-25(15-14-24(33)30(28)36-17-5-2-6-18-36)35-29(22)20-11-9-19(10-12-20)21-7-3-4-8-23(21)32/h3-4,7-12,14-15H,2,5-6,13,16-18H2,1H3,(H2,34,38). The number of carbonyl (C=O) groups excluding carboxylic acids is 2. The number of nitrogens with zero attached hydrogens (tertiary/aromatic N) is 2. The Hall–Kier alpha value is -4.33. The number of aromatic nitrogens is 1. The van der Waals surface area contributed by atoms with Crippen molar-refractivity contribution in [1.29, 1.82) is 0 Å². The highest BCUT2D eigenvalue weighted by molar-refractivity contribution is 6.13. The monoisotopic (exact) mass is 529 g/mol. The number of hydrogen-bond acceptors (Lipinski definition) is 5. The van der Waals surface area contributed by atoms with Crippen LogP contribution in [-0.4, -0.2) is 37.1 Å². The molecule has 1 fully saturated rings. The number of esters is 1. The highest BCUT2D eigenvalue weighted by atomic mass is 19.1. The fourth-order valence-corrected chi connectivity index (χ4v) is 5.36. The second kappa shape index (κ2) is 11.2. The number of fused-ring (bicyclic) bond motifs is 1. The van der Waals surface area contributed by atoms with Crippen LogP contribution >= 0.6 is 0 Å². The van der Waals surface area contributed by atoms with Gasteiger partial charge in [0, 0.05) is 36.0 Å². The van der Waals surface area contributed by atoms with E-state index in [0.29, 0.717) is 57.6 Å². The number of carbonyl (C=O) groups is 2. The fraction of sp³-hybridized carbons (Fsp3) is 0.258. The lowest BCUT2D eigenvalue weighted by atomic mass is 9.91. The Morgan fingerprint density at radius 3 is 2.28 bits per heavy atom. The highest BCUT2D eigenvalue weighted by Gasteiger charge is 2.27. The molecule has 0 aliphatic carbocycles. The minimum absolute atomic E-state index is 0.0152. The van der Waals surface area contributed by atoms with Gasteiger partial charge in [0.1, 0.15) is 11.6 Å². The van der Waals surface area contributed by atoms with Crippen molar-refractivity contribution in [2.75, 3.05) is 25.1 Å². The Balaban J connectivity index is 1.73. The van der Waals surface area contributed by atoms with Gasteiger partial charge in [-0.2, -0.15) is 0 Å². The molecule has 0 atom stereocenters. The number of halogens is 2. The number of methoxy groups -OCH3 is 1. The van der Waals surface area contributed by atoms with Gasteiger partial charge >= 0.3 is 5.97 Å². The van der Waals surface area contributed by atoms with Gasteiger partial charge in [-0.25, -0.2) is 13.8 Å². The largest absolute Gasteiger partial charge is 0.469 e. The fourth-order valence-electron chi connectivity index (χ4n) is 5.36. The van der Waals surface area contributed by atoms with Gasteiger partial charge in [-0.05, 0) is 55.0 Å². The second-order valence-corrected chi connectivity index (χ2v) is 9.65. The number of nitrogens with two attached hydrogens (primary N) is 1. The van der Waals surface area contributed by atoms with Gasteiger partial charge in [0.2, 0.25) is 5.91 Å². The van der Waals surface area contributed by atoms with Crippen molar-refractivity contribution < 1.29 is 23.1 Å². The van der Waals surface area contributed by atoms with Crippen LogP contribution in [0.3, 0.4) is 0 Å². The van der Waals surface area contributed by atoms with E-state index in [1.165, 1.54) is 19.2 Å². The van der Waals surface area contributed by atoms with E-state index in [-0.39, 0.29) is 24.2 Å². The minimum Gasteiger partial charge on any atom is -0.469 e. The summed E-state index contributed by atoms with van der Waals surface area (Å²) in [5.74, 6) is -1.97. The van der Waals surface area contributed by atoms with E-state index in [4.69, 9.17) is 15.5 Å². The first kappa shape index (κ1) is 26.3. The van der Waals surface area contributed by atoms with Gasteiger partial charge in [0.05, 0.1) is 29.6 Å². The van der Waals surface area contributed by atoms with E-state index in [0.717, 1.165) is 19.3 Å². The van der Waals surface area contributed by atoms with Crippen LogP contribution in [0.5, 0.6) is 0 Å². The predicted molar refractivity (Wildman–Crippen MR) is 147 cm³/mol. The molecule has 2 N–H and O–H groups in total. The summed E-state index contributed by atoms with van der Waals surface area (Å²) in [5.41, 5.74) is 9.56. The summed E-state index contributed by atoms with van der Waals surface area (Å²) < 4.78 is 34.6. The average Bonchev–Trinajstić information content (AvgIpc) is 2.96. The number of hydrogen-bond donors (Lipinski definition) is 1. The van der Waals surface area contributed by atoms with Crippen LogP contribution < -0.4 is 10.6 Å². The van der Waals surface area contributed by atoms with Crippen LogP contribution in [0.2, 0.25) is 0 Å². The Morgan fingerprint density at radius 1 is 0.923 bits per heavy atom. The van der Waals surface area contributed by atoms with E-state index >= 15 is 4.39 Å². The molecule has 4 aromatic rings. The maximum Gasteiger partial charge on any atom is 0.305 e. The number of amides is 1. The lowest BCUT2D eigenvalue weighted by Gasteiger charge is -2.31. The lowest BCUT2D eigenvalue weighted by Crippen LogP contribution is -2.31. The molecule has 6 nitrogen and oxygen atoms in total. The predicted octanol–water partition coefficient (Wildman–Crippen LogP) is 6.04. The first-order valence-electron chi connectivity index (χ1n) is 13.0. The molecule has 2 heterocycles. The number of piperidine rings is 1. The Labute approximate surface area is 225 Å². The molecular weight excluding hydrogens is 500 g/mol. The minimum atomic E-state index is -0.727. The number of primary amides is 1. The van der Waals surface area contributed by atoms with Gasteiger partial charge in [-0.1, -0.05) is 42.5 Å². The van der Waals surface area contributed by atoms with Crippen molar-refractivity contribution in [3.8, 4) is 22.4 Å². The van der Waals surface area contributed by atoms with Crippen LogP contribution in [-0.2, 0) is 16.0 Å². The van der Waals surface area contributed by atoms with E-state index in [1.54, 1.807) is 48.5 Å². The summed E-state index contributed by atoms with van der Waals surface area (Å²) in [7, 11) is 1.29. The van der Waals surface area contributed by atoms with Crippen LogP contribution in [0.25, 0.3) is 33.3 Å². The van der Waals surface area contributed by atoms with Crippen LogP contribution in [0, 0.1) is 11.6 Å². The Bertz CT molecular complexity index is 1550. The zero-order chi connectivity index (χ0) is 27.5. The molecule has 3 aromatic carbocycles. The van der Waals surface area contributed by atoms with Crippen molar-refractivity contribution in [3.63, 3.8) is 0 Å². The van der Waals surface area contributed by atoms with E-state index in [9.17, 15) is 14.0 Å². The molecule has 0 spiro atoms. The summed E-state index contributed by atoms with van der Waals surface area (Å²) in [5, 5.41) is 0.357. The molecule has 200 valence electrons. The maximum atomic E-state index is 15.4. The van der Waals surface area contributed by atoms with E-state index < -0.39 is 17.7 Å². The number of benzene rings is 3. The van der Waals surface area contributed by atoms with Crippen molar-refractivity contribution in [2.45, 2.75) is 32.1 Å². The highest BCUT2D eigenvalue weighted by Crippen LogP contribution is 2.39. The molecule has 1 aliphatic heterocycles.